The average molecular weight is 319 g/mol. The van der Waals surface area contributed by atoms with Crippen LogP contribution in [0.15, 0.2) is 16.6 Å². The van der Waals surface area contributed by atoms with Crippen molar-refractivity contribution in [3.05, 3.63) is 32.5 Å². The molecule has 7 heteroatoms. The summed E-state index contributed by atoms with van der Waals surface area (Å²) in [7, 11) is 0. The Hall–Kier alpha value is -1.14. The van der Waals surface area contributed by atoms with Gasteiger partial charge in [-0.15, -0.1) is 11.6 Å². The van der Waals surface area contributed by atoms with E-state index in [1.807, 2.05) is 17.6 Å². The SMILES string of the molecule is CCn1c(CCl)nc2c([N+](=O)[O-])cc(Br)cc21. The molecule has 0 radical (unpaired) electrons. The third-order valence-corrected chi connectivity index (χ3v) is 3.21. The maximum Gasteiger partial charge on any atom is 0.298 e. The molecule has 0 saturated carbocycles. The quantitative estimate of drug-likeness (QED) is 0.494. The molecule has 0 amide bonds. The number of imidazole rings is 1. The number of hydrogen-bond acceptors (Lipinski definition) is 3. The fraction of sp³-hybridized carbons (Fsp3) is 0.300. The number of halogens is 2. The molecular formula is C10H9BrClN3O2. The summed E-state index contributed by atoms with van der Waals surface area (Å²) in [6.07, 6.45) is 0. The van der Waals surface area contributed by atoms with Crippen molar-refractivity contribution in [1.29, 1.82) is 0 Å². The molecule has 0 aliphatic carbocycles. The molecule has 0 bridgehead atoms. The van der Waals surface area contributed by atoms with Crippen LogP contribution >= 0.6 is 27.5 Å². The Bertz CT molecular complexity index is 597. The zero-order chi connectivity index (χ0) is 12.6. The van der Waals surface area contributed by atoms with Crippen LogP contribution in [0, 0.1) is 10.1 Å². The van der Waals surface area contributed by atoms with Gasteiger partial charge in [0.05, 0.1) is 16.3 Å². The highest BCUT2D eigenvalue weighted by Crippen LogP contribution is 2.30. The highest BCUT2D eigenvalue weighted by Gasteiger charge is 2.19. The van der Waals surface area contributed by atoms with Gasteiger partial charge in [0.25, 0.3) is 5.69 Å². The lowest BCUT2D eigenvalue weighted by Gasteiger charge is -2.03. The smallest absolute Gasteiger partial charge is 0.298 e. The summed E-state index contributed by atoms with van der Waals surface area (Å²) in [5.74, 6) is 0.877. The first-order valence-electron chi connectivity index (χ1n) is 4.97. The molecule has 1 aromatic heterocycles. The lowest BCUT2D eigenvalue weighted by Crippen LogP contribution is -1.99. The van der Waals surface area contributed by atoms with Crippen molar-refractivity contribution in [2.45, 2.75) is 19.3 Å². The van der Waals surface area contributed by atoms with Crippen LogP contribution in [0.1, 0.15) is 12.7 Å². The molecule has 0 aliphatic heterocycles. The van der Waals surface area contributed by atoms with E-state index in [0.717, 1.165) is 5.52 Å². The van der Waals surface area contributed by atoms with E-state index in [1.165, 1.54) is 6.07 Å². The van der Waals surface area contributed by atoms with Crippen molar-refractivity contribution < 1.29 is 4.92 Å². The van der Waals surface area contributed by atoms with Crippen LogP contribution in [0.3, 0.4) is 0 Å². The van der Waals surface area contributed by atoms with E-state index in [2.05, 4.69) is 20.9 Å². The minimum absolute atomic E-state index is 0.00654. The number of fused-ring (bicyclic) bond motifs is 1. The number of nitro groups is 1. The predicted octanol–water partition coefficient (Wildman–Crippen LogP) is 3.47. The van der Waals surface area contributed by atoms with E-state index < -0.39 is 4.92 Å². The van der Waals surface area contributed by atoms with Gasteiger partial charge >= 0.3 is 0 Å². The first-order chi connectivity index (χ1) is 8.08. The Morgan fingerprint density at radius 2 is 2.29 bits per heavy atom. The molecule has 2 rings (SSSR count). The van der Waals surface area contributed by atoms with Crippen LogP contribution in [0.5, 0.6) is 0 Å². The number of benzene rings is 1. The summed E-state index contributed by atoms with van der Waals surface area (Å²) in [5, 5.41) is 11.0. The van der Waals surface area contributed by atoms with Crippen molar-refractivity contribution in [1.82, 2.24) is 9.55 Å². The van der Waals surface area contributed by atoms with Gasteiger partial charge in [0.2, 0.25) is 0 Å². The summed E-state index contributed by atoms with van der Waals surface area (Å²) < 4.78 is 2.53. The van der Waals surface area contributed by atoms with Crippen LogP contribution in [0.2, 0.25) is 0 Å². The summed E-state index contributed by atoms with van der Waals surface area (Å²) >= 11 is 9.06. The first-order valence-corrected chi connectivity index (χ1v) is 6.30. The predicted molar refractivity (Wildman–Crippen MR) is 69.3 cm³/mol. The van der Waals surface area contributed by atoms with Crippen LogP contribution < -0.4 is 0 Å². The molecular weight excluding hydrogens is 309 g/mol. The molecule has 5 nitrogen and oxygen atoms in total. The Kier molecular flexibility index (Phi) is 3.35. The Balaban J connectivity index is 2.86. The van der Waals surface area contributed by atoms with E-state index in [0.29, 0.717) is 22.4 Å². The summed E-state index contributed by atoms with van der Waals surface area (Å²) in [6, 6.07) is 3.27. The van der Waals surface area contributed by atoms with Gasteiger partial charge in [0.1, 0.15) is 5.82 Å². The van der Waals surface area contributed by atoms with Crippen LogP contribution in [0.4, 0.5) is 5.69 Å². The molecule has 90 valence electrons. The number of rotatable bonds is 3. The standard InChI is InChI=1S/C10H9BrClN3O2/c1-2-14-7-3-6(11)4-8(15(16)17)10(7)13-9(14)5-12/h3-4H,2,5H2,1H3. The van der Waals surface area contributed by atoms with Gasteiger partial charge in [0, 0.05) is 17.1 Å². The van der Waals surface area contributed by atoms with E-state index >= 15 is 0 Å². The van der Waals surface area contributed by atoms with Gasteiger partial charge in [-0.25, -0.2) is 4.98 Å². The molecule has 0 saturated heterocycles. The number of hydrogen-bond donors (Lipinski definition) is 0. The second-order valence-electron chi connectivity index (χ2n) is 3.46. The molecule has 0 unspecified atom stereocenters. The number of non-ortho nitro benzene ring substituents is 1. The Labute approximate surface area is 111 Å². The third kappa shape index (κ3) is 2.02. The lowest BCUT2D eigenvalue weighted by atomic mass is 10.2. The monoisotopic (exact) mass is 317 g/mol. The van der Waals surface area contributed by atoms with Gasteiger partial charge in [-0.1, -0.05) is 15.9 Å². The average Bonchev–Trinajstić information content (AvgIpc) is 2.64. The molecule has 0 aliphatic rings. The van der Waals surface area contributed by atoms with E-state index in [1.54, 1.807) is 0 Å². The van der Waals surface area contributed by atoms with E-state index in [4.69, 9.17) is 11.6 Å². The van der Waals surface area contributed by atoms with Crippen molar-refractivity contribution in [2.24, 2.45) is 0 Å². The minimum Gasteiger partial charge on any atom is -0.327 e. The summed E-state index contributed by atoms with van der Waals surface area (Å²) in [5.41, 5.74) is 1.10. The molecule has 2 aromatic rings. The number of nitro benzene ring substituents is 1. The molecule has 0 spiro atoms. The topological polar surface area (TPSA) is 61.0 Å². The summed E-state index contributed by atoms with van der Waals surface area (Å²) in [6.45, 7) is 2.62. The Morgan fingerprint density at radius 1 is 1.59 bits per heavy atom. The highest BCUT2D eigenvalue weighted by atomic mass is 79.9. The van der Waals surface area contributed by atoms with Crippen molar-refractivity contribution in [3.8, 4) is 0 Å². The molecule has 17 heavy (non-hydrogen) atoms. The third-order valence-electron chi connectivity index (χ3n) is 2.51. The van der Waals surface area contributed by atoms with Gasteiger partial charge in [-0.05, 0) is 13.0 Å². The molecule has 0 N–H and O–H groups in total. The van der Waals surface area contributed by atoms with Crippen LogP contribution in [0.25, 0.3) is 11.0 Å². The number of alkyl halides is 1. The fourth-order valence-electron chi connectivity index (χ4n) is 1.81. The maximum absolute atomic E-state index is 11.0. The second kappa shape index (κ2) is 4.62. The molecule has 1 aromatic carbocycles. The first kappa shape index (κ1) is 12.3. The van der Waals surface area contributed by atoms with Gasteiger partial charge in [0.15, 0.2) is 5.52 Å². The van der Waals surface area contributed by atoms with Gasteiger partial charge in [-0.2, -0.15) is 0 Å². The zero-order valence-electron chi connectivity index (χ0n) is 8.98. The van der Waals surface area contributed by atoms with Crippen molar-refractivity contribution in [3.63, 3.8) is 0 Å². The number of aromatic nitrogens is 2. The Morgan fingerprint density at radius 3 is 2.82 bits per heavy atom. The lowest BCUT2D eigenvalue weighted by molar-refractivity contribution is -0.383. The fourth-order valence-corrected chi connectivity index (χ4v) is 2.45. The normalized spacial score (nSPS) is 11.0. The van der Waals surface area contributed by atoms with E-state index in [9.17, 15) is 10.1 Å². The van der Waals surface area contributed by atoms with Gasteiger partial charge in [-0.3, -0.25) is 10.1 Å². The van der Waals surface area contributed by atoms with Crippen LogP contribution in [-0.2, 0) is 12.4 Å². The highest BCUT2D eigenvalue weighted by molar-refractivity contribution is 9.10. The van der Waals surface area contributed by atoms with Crippen molar-refractivity contribution >= 4 is 44.3 Å². The molecule has 0 atom stereocenters. The molecule has 1 heterocycles. The van der Waals surface area contributed by atoms with Gasteiger partial charge < -0.3 is 4.57 Å². The molecule has 0 fully saturated rings. The van der Waals surface area contributed by atoms with Crippen LogP contribution in [-0.4, -0.2) is 14.5 Å². The maximum atomic E-state index is 11.0. The largest absolute Gasteiger partial charge is 0.327 e. The minimum atomic E-state index is -0.432. The second-order valence-corrected chi connectivity index (χ2v) is 4.64. The van der Waals surface area contributed by atoms with E-state index in [-0.39, 0.29) is 11.6 Å². The van der Waals surface area contributed by atoms with Crippen molar-refractivity contribution in [2.75, 3.05) is 0 Å². The summed E-state index contributed by atoms with van der Waals surface area (Å²) in [4.78, 5) is 14.8. The zero-order valence-corrected chi connectivity index (χ0v) is 11.3. The number of nitrogens with zero attached hydrogens (tertiary/aromatic N) is 3. The number of aryl methyl sites for hydroxylation is 1.